The van der Waals surface area contributed by atoms with Gasteiger partial charge in [0, 0.05) is 6.04 Å². The summed E-state index contributed by atoms with van der Waals surface area (Å²) in [5.41, 5.74) is 3.32. The second-order valence-corrected chi connectivity index (χ2v) is 6.09. The van der Waals surface area contributed by atoms with Crippen molar-refractivity contribution in [3.8, 4) is 0 Å². The molecule has 4 bridgehead atoms. The predicted molar refractivity (Wildman–Crippen MR) is 64.7 cm³/mol. The molecule has 0 aromatic carbocycles. The van der Waals surface area contributed by atoms with Crippen LogP contribution in [0.25, 0.3) is 0 Å². The number of aliphatic carboxylic acids is 1. The first kappa shape index (κ1) is 11.1. The maximum absolute atomic E-state index is 10.7. The van der Waals surface area contributed by atoms with Gasteiger partial charge >= 0.3 is 5.97 Å². The Morgan fingerprint density at radius 3 is 2.12 bits per heavy atom. The molecule has 94 valence electrons. The van der Waals surface area contributed by atoms with Crippen LogP contribution in [0.4, 0.5) is 0 Å². The molecule has 0 spiro atoms. The number of carboxylic acids is 1. The zero-order valence-electron chi connectivity index (χ0n) is 10.2. The average Bonchev–Trinajstić information content (AvgIpc) is 2.26. The van der Waals surface area contributed by atoms with Crippen molar-refractivity contribution in [1.29, 1.82) is 0 Å². The summed E-state index contributed by atoms with van der Waals surface area (Å²) in [7, 11) is 0. The number of hydrazone groups is 1. The van der Waals surface area contributed by atoms with Crippen molar-refractivity contribution in [2.45, 2.75) is 45.1 Å². The highest BCUT2D eigenvalue weighted by atomic mass is 16.4. The van der Waals surface area contributed by atoms with Gasteiger partial charge in [0.2, 0.25) is 0 Å². The molecule has 4 aliphatic rings. The van der Waals surface area contributed by atoms with Crippen LogP contribution in [0.3, 0.4) is 0 Å². The second-order valence-electron chi connectivity index (χ2n) is 6.09. The second kappa shape index (κ2) is 4.00. The molecule has 0 amide bonds. The zero-order valence-corrected chi connectivity index (χ0v) is 10.2. The summed E-state index contributed by atoms with van der Waals surface area (Å²) in [4.78, 5) is 10.7. The molecule has 4 aliphatic carbocycles. The molecule has 0 atom stereocenters. The summed E-state index contributed by atoms with van der Waals surface area (Å²) in [6, 6.07) is 0.428. The lowest BCUT2D eigenvalue weighted by atomic mass is 9.54. The summed E-state index contributed by atoms with van der Waals surface area (Å²) in [6.07, 6.45) is 6.74. The molecule has 0 aromatic heterocycles. The molecular formula is C13H20N2O2. The SMILES string of the molecule is C/C(=N/NC1C2CC3CC(C2)CC1C3)C(=O)O. The van der Waals surface area contributed by atoms with Gasteiger partial charge in [-0.3, -0.25) is 0 Å². The van der Waals surface area contributed by atoms with Crippen molar-refractivity contribution in [3.05, 3.63) is 0 Å². The van der Waals surface area contributed by atoms with E-state index in [2.05, 4.69) is 10.5 Å². The van der Waals surface area contributed by atoms with Gasteiger partial charge in [0.1, 0.15) is 5.71 Å². The number of carboxylic acid groups (broad SMARTS) is 1. The molecule has 17 heavy (non-hydrogen) atoms. The smallest absolute Gasteiger partial charge is 0.351 e. The number of carbonyl (C=O) groups is 1. The van der Waals surface area contributed by atoms with Crippen molar-refractivity contribution >= 4 is 11.7 Å². The van der Waals surface area contributed by atoms with Crippen molar-refractivity contribution in [3.63, 3.8) is 0 Å². The monoisotopic (exact) mass is 236 g/mol. The molecule has 4 heteroatoms. The molecule has 0 aliphatic heterocycles. The van der Waals surface area contributed by atoms with E-state index in [1.54, 1.807) is 6.92 Å². The van der Waals surface area contributed by atoms with E-state index in [1.165, 1.54) is 32.1 Å². The summed E-state index contributed by atoms with van der Waals surface area (Å²) >= 11 is 0. The van der Waals surface area contributed by atoms with Crippen LogP contribution in [0.2, 0.25) is 0 Å². The van der Waals surface area contributed by atoms with E-state index in [9.17, 15) is 4.79 Å². The van der Waals surface area contributed by atoms with E-state index in [-0.39, 0.29) is 5.71 Å². The highest BCUT2D eigenvalue weighted by molar-refractivity contribution is 6.34. The maximum atomic E-state index is 10.7. The average molecular weight is 236 g/mol. The first-order valence-corrected chi connectivity index (χ1v) is 6.66. The van der Waals surface area contributed by atoms with Crippen LogP contribution < -0.4 is 5.43 Å². The number of nitrogens with one attached hydrogen (secondary N) is 1. The van der Waals surface area contributed by atoms with Crippen LogP contribution in [-0.4, -0.2) is 22.8 Å². The van der Waals surface area contributed by atoms with Gasteiger partial charge in [0.15, 0.2) is 0 Å². The lowest BCUT2D eigenvalue weighted by Gasteiger charge is -2.54. The molecule has 4 nitrogen and oxygen atoms in total. The van der Waals surface area contributed by atoms with Gasteiger partial charge in [-0.2, -0.15) is 5.10 Å². The number of nitrogens with zero attached hydrogens (tertiary/aromatic N) is 1. The predicted octanol–water partition coefficient (Wildman–Crippen LogP) is 1.86. The Morgan fingerprint density at radius 2 is 1.65 bits per heavy atom. The fourth-order valence-corrected chi connectivity index (χ4v) is 4.36. The summed E-state index contributed by atoms with van der Waals surface area (Å²) in [5, 5.41) is 12.8. The third-order valence-electron chi connectivity index (χ3n) is 4.92. The highest BCUT2D eigenvalue weighted by Crippen LogP contribution is 2.53. The molecule has 4 fully saturated rings. The maximum Gasteiger partial charge on any atom is 0.351 e. The normalized spacial score (nSPS) is 43.8. The van der Waals surface area contributed by atoms with Gasteiger partial charge in [0.05, 0.1) is 0 Å². The van der Waals surface area contributed by atoms with Crippen molar-refractivity contribution in [1.82, 2.24) is 5.43 Å². The minimum Gasteiger partial charge on any atom is -0.477 e. The molecule has 0 saturated heterocycles. The summed E-state index contributed by atoms with van der Waals surface area (Å²) in [5.74, 6) is 2.43. The van der Waals surface area contributed by atoms with Gasteiger partial charge in [-0.25, -0.2) is 4.79 Å². The van der Waals surface area contributed by atoms with E-state index >= 15 is 0 Å². The molecule has 0 unspecified atom stereocenters. The van der Waals surface area contributed by atoms with Crippen molar-refractivity contribution < 1.29 is 9.90 Å². The lowest BCUT2D eigenvalue weighted by molar-refractivity contribution is -0.129. The molecule has 4 saturated carbocycles. The Hall–Kier alpha value is -1.06. The van der Waals surface area contributed by atoms with Gasteiger partial charge in [-0.15, -0.1) is 0 Å². The third-order valence-corrected chi connectivity index (χ3v) is 4.92. The standard InChI is InChI=1S/C13H20N2O2/c1-7(13(16)17)14-15-12-10-3-8-2-9(5-10)6-11(12)4-8/h8-12,15H,2-6H2,1H3,(H,16,17)/b14-7-. The van der Waals surface area contributed by atoms with Crippen LogP contribution in [0.15, 0.2) is 5.10 Å². The van der Waals surface area contributed by atoms with Crippen molar-refractivity contribution in [2.24, 2.45) is 28.8 Å². The Morgan fingerprint density at radius 1 is 1.12 bits per heavy atom. The Bertz CT molecular complexity index is 336. The molecule has 4 rings (SSSR count). The molecule has 0 aromatic rings. The fraction of sp³-hybridized carbons (Fsp3) is 0.846. The van der Waals surface area contributed by atoms with Gasteiger partial charge in [0.25, 0.3) is 0 Å². The quantitative estimate of drug-likeness (QED) is 0.581. The Labute approximate surface area is 101 Å². The summed E-state index contributed by atoms with van der Waals surface area (Å²) < 4.78 is 0. The number of hydrogen-bond donors (Lipinski definition) is 2. The minimum atomic E-state index is -0.929. The van der Waals surface area contributed by atoms with Crippen molar-refractivity contribution in [2.75, 3.05) is 0 Å². The molecule has 0 radical (unpaired) electrons. The lowest BCUT2D eigenvalue weighted by Crippen LogP contribution is -2.53. The highest BCUT2D eigenvalue weighted by Gasteiger charge is 2.48. The van der Waals surface area contributed by atoms with Gasteiger partial charge in [-0.05, 0) is 62.7 Å². The Kier molecular flexibility index (Phi) is 2.60. The van der Waals surface area contributed by atoms with E-state index in [1.807, 2.05) is 0 Å². The van der Waals surface area contributed by atoms with Crippen LogP contribution in [0.5, 0.6) is 0 Å². The zero-order chi connectivity index (χ0) is 12.0. The Balaban J connectivity index is 1.68. The van der Waals surface area contributed by atoms with E-state index < -0.39 is 5.97 Å². The summed E-state index contributed by atoms with van der Waals surface area (Å²) in [6.45, 7) is 1.55. The largest absolute Gasteiger partial charge is 0.477 e. The molecule has 0 heterocycles. The van der Waals surface area contributed by atoms with Crippen LogP contribution in [0.1, 0.15) is 39.0 Å². The molecular weight excluding hydrogens is 216 g/mol. The van der Waals surface area contributed by atoms with Crippen LogP contribution >= 0.6 is 0 Å². The third kappa shape index (κ3) is 1.94. The van der Waals surface area contributed by atoms with Gasteiger partial charge < -0.3 is 10.5 Å². The van der Waals surface area contributed by atoms with Gasteiger partial charge in [-0.1, -0.05) is 0 Å². The van der Waals surface area contributed by atoms with E-state index in [0.29, 0.717) is 6.04 Å². The van der Waals surface area contributed by atoms with Crippen LogP contribution in [0, 0.1) is 23.7 Å². The van der Waals surface area contributed by atoms with Crippen LogP contribution in [-0.2, 0) is 4.79 Å². The number of hydrogen-bond acceptors (Lipinski definition) is 3. The molecule has 2 N–H and O–H groups in total. The topological polar surface area (TPSA) is 61.7 Å². The first-order valence-electron chi connectivity index (χ1n) is 6.66. The fourth-order valence-electron chi connectivity index (χ4n) is 4.36. The first-order chi connectivity index (χ1) is 8.13. The van der Waals surface area contributed by atoms with E-state index in [0.717, 1.165) is 23.7 Å². The minimum absolute atomic E-state index is 0.166. The number of rotatable bonds is 3. The van der Waals surface area contributed by atoms with E-state index in [4.69, 9.17) is 5.11 Å².